The molecule has 3 nitrogen and oxygen atoms in total. The molecule has 0 aliphatic heterocycles. The monoisotopic (exact) mass is 263 g/mol. The molecule has 0 aliphatic rings. The number of hydrogen-bond acceptors (Lipinski definition) is 3. The Bertz CT molecular complexity index is 374. The summed E-state index contributed by atoms with van der Waals surface area (Å²) >= 11 is 0. The highest BCUT2D eigenvalue weighted by molar-refractivity contribution is 5.80. The highest BCUT2D eigenvalue weighted by atomic mass is 16.5. The number of ether oxygens (including phenoxy) is 1. The first kappa shape index (κ1) is 15.7. The van der Waals surface area contributed by atoms with Gasteiger partial charge in [0, 0.05) is 6.42 Å². The van der Waals surface area contributed by atoms with Gasteiger partial charge in [0.1, 0.15) is 5.54 Å². The van der Waals surface area contributed by atoms with E-state index in [0.29, 0.717) is 13.0 Å². The predicted octanol–water partition coefficient (Wildman–Crippen LogP) is 3.07. The number of carbonyl (C=O) groups is 1. The first-order valence-corrected chi connectivity index (χ1v) is 7.06. The summed E-state index contributed by atoms with van der Waals surface area (Å²) in [5.41, 5.74) is 6.16. The molecule has 1 aromatic rings. The summed E-state index contributed by atoms with van der Waals surface area (Å²) in [7, 11) is 0. The van der Waals surface area contributed by atoms with Crippen LogP contribution in [0.25, 0.3) is 0 Å². The Morgan fingerprint density at radius 3 is 2.53 bits per heavy atom. The fraction of sp³-hybridized carbons (Fsp3) is 0.562. The van der Waals surface area contributed by atoms with Crippen LogP contribution in [0.1, 0.15) is 45.1 Å². The summed E-state index contributed by atoms with van der Waals surface area (Å²) in [6, 6.07) is 9.78. The van der Waals surface area contributed by atoms with Gasteiger partial charge in [0.25, 0.3) is 0 Å². The summed E-state index contributed by atoms with van der Waals surface area (Å²) in [6.45, 7) is 4.36. The van der Waals surface area contributed by atoms with Gasteiger partial charge in [-0.2, -0.15) is 0 Å². The zero-order valence-corrected chi connectivity index (χ0v) is 12.0. The van der Waals surface area contributed by atoms with Gasteiger partial charge in [-0.3, -0.25) is 4.79 Å². The number of benzene rings is 1. The van der Waals surface area contributed by atoms with Gasteiger partial charge in [-0.25, -0.2) is 0 Å². The fourth-order valence-electron chi connectivity index (χ4n) is 1.95. The van der Waals surface area contributed by atoms with E-state index in [-0.39, 0.29) is 5.97 Å². The van der Waals surface area contributed by atoms with E-state index in [4.69, 9.17) is 10.5 Å². The van der Waals surface area contributed by atoms with Crippen LogP contribution < -0.4 is 5.73 Å². The summed E-state index contributed by atoms with van der Waals surface area (Å²) in [6.07, 6.45) is 4.88. The Hall–Kier alpha value is -1.35. The maximum absolute atomic E-state index is 12.0. The minimum absolute atomic E-state index is 0.312. The topological polar surface area (TPSA) is 52.3 Å². The van der Waals surface area contributed by atoms with Crippen molar-refractivity contribution >= 4 is 5.97 Å². The minimum atomic E-state index is -0.952. The third-order valence-electron chi connectivity index (χ3n) is 3.11. The number of nitrogens with two attached hydrogens (primary N) is 1. The summed E-state index contributed by atoms with van der Waals surface area (Å²) in [5, 5.41) is 0. The molecule has 3 heteroatoms. The van der Waals surface area contributed by atoms with Gasteiger partial charge in [0.05, 0.1) is 6.61 Å². The van der Waals surface area contributed by atoms with Crippen molar-refractivity contribution in [2.75, 3.05) is 6.61 Å². The average molecular weight is 263 g/mol. The second-order valence-corrected chi connectivity index (χ2v) is 5.28. The molecule has 0 saturated carbocycles. The molecule has 0 saturated heterocycles. The lowest BCUT2D eigenvalue weighted by Crippen LogP contribution is -2.48. The largest absolute Gasteiger partial charge is 0.464 e. The molecule has 19 heavy (non-hydrogen) atoms. The Morgan fingerprint density at radius 1 is 1.21 bits per heavy atom. The molecule has 0 unspecified atom stereocenters. The molecule has 0 bridgehead atoms. The molecular weight excluding hydrogens is 238 g/mol. The summed E-state index contributed by atoms with van der Waals surface area (Å²) < 4.78 is 5.26. The van der Waals surface area contributed by atoms with Crippen LogP contribution in [0.15, 0.2) is 30.3 Å². The second kappa shape index (κ2) is 7.95. The first-order chi connectivity index (χ1) is 9.06. The van der Waals surface area contributed by atoms with Crippen molar-refractivity contribution in [2.45, 2.75) is 51.5 Å². The molecule has 2 N–H and O–H groups in total. The molecular formula is C16H25NO2. The van der Waals surface area contributed by atoms with Gasteiger partial charge in [0.15, 0.2) is 0 Å². The lowest BCUT2D eigenvalue weighted by molar-refractivity contribution is -0.149. The van der Waals surface area contributed by atoms with Gasteiger partial charge in [-0.05, 0) is 18.9 Å². The molecule has 106 valence electrons. The van der Waals surface area contributed by atoms with E-state index in [1.807, 2.05) is 30.3 Å². The molecule has 1 aromatic carbocycles. The smallest absolute Gasteiger partial charge is 0.326 e. The van der Waals surface area contributed by atoms with Crippen LogP contribution in [0.2, 0.25) is 0 Å². The average Bonchev–Trinajstić information content (AvgIpc) is 2.39. The Kier molecular flexibility index (Phi) is 6.57. The Balaban J connectivity index is 2.37. The van der Waals surface area contributed by atoms with Crippen molar-refractivity contribution in [3.05, 3.63) is 35.9 Å². The highest BCUT2D eigenvalue weighted by Gasteiger charge is 2.30. The summed E-state index contributed by atoms with van der Waals surface area (Å²) in [4.78, 5) is 12.0. The summed E-state index contributed by atoms with van der Waals surface area (Å²) in [5.74, 6) is -0.312. The van der Waals surface area contributed by atoms with Gasteiger partial charge >= 0.3 is 5.97 Å². The molecule has 1 atom stereocenters. The van der Waals surface area contributed by atoms with E-state index >= 15 is 0 Å². The van der Waals surface area contributed by atoms with Crippen LogP contribution >= 0.6 is 0 Å². The molecule has 0 spiro atoms. The molecule has 0 heterocycles. The maximum Gasteiger partial charge on any atom is 0.326 e. The minimum Gasteiger partial charge on any atom is -0.464 e. The number of rotatable bonds is 8. The van der Waals surface area contributed by atoms with E-state index < -0.39 is 5.54 Å². The van der Waals surface area contributed by atoms with Crippen molar-refractivity contribution in [2.24, 2.45) is 5.73 Å². The van der Waals surface area contributed by atoms with E-state index in [9.17, 15) is 4.79 Å². The number of esters is 1. The van der Waals surface area contributed by atoms with Crippen molar-refractivity contribution in [3.8, 4) is 0 Å². The predicted molar refractivity (Wildman–Crippen MR) is 77.8 cm³/mol. The molecule has 0 fully saturated rings. The van der Waals surface area contributed by atoms with Crippen molar-refractivity contribution in [1.82, 2.24) is 0 Å². The number of unbranched alkanes of at least 4 members (excludes halogenated alkanes) is 3. The van der Waals surface area contributed by atoms with Gasteiger partial charge < -0.3 is 10.5 Å². The normalized spacial score (nSPS) is 13.8. The molecule has 1 rings (SSSR count). The molecule has 0 amide bonds. The van der Waals surface area contributed by atoms with E-state index in [1.54, 1.807) is 6.92 Å². The SMILES string of the molecule is CCCCCCOC(=O)[C@@](C)(N)Cc1ccccc1. The van der Waals surface area contributed by atoms with Crippen molar-refractivity contribution in [3.63, 3.8) is 0 Å². The third kappa shape index (κ3) is 5.88. The zero-order chi connectivity index (χ0) is 14.1. The van der Waals surface area contributed by atoms with E-state index in [2.05, 4.69) is 6.92 Å². The Morgan fingerprint density at radius 2 is 1.89 bits per heavy atom. The van der Waals surface area contributed by atoms with Crippen LogP contribution in [0.3, 0.4) is 0 Å². The van der Waals surface area contributed by atoms with Crippen LogP contribution in [0.4, 0.5) is 0 Å². The number of hydrogen-bond donors (Lipinski definition) is 1. The standard InChI is InChI=1S/C16H25NO2/c1-3-4-5-9-12-19-15(18)16(2,17)13-14-10-7-6-8-11-14/h6-8,10-11H,3-5,9,12-13,17H2,1-2H3/t16-/m0/s1. The molecule has 0 aromatic heterocycles. The first-order valence-electron chi connectivity index (χ1n) is 7.06. The van der Waals surface area contributed by atoms with Crippen LogP contribution in [0, 0.1) is 0 Å². The third-order valence-corrected chi connectivity index (χ3v) is 3.11. The molecule has 0 radical (unpaired) electrons. The van der Waals surface area contributed by atoms with Gasteiger partial charge in [0.2, 0.25) is 0 Å². The maximum atomic E-state index is 12.0. The quantitative estimate of drug-likeness (QED) is 0.579. The van der Waals surface area contributed by atoms with Crippen LogP contribution in [-0.4, -0.2) is 18.1 Å². The highest BCUT2D eigenvalue weighted by Crippen LogP contribution is 2.12. The van der Waals surface area contributed by atoms with E-state index in [0.717, 1.165) is 18.4 Å². The van der Waals surface area contributed by atoms with Crippen LogP contribution in [-0.2, 0) is 16.0 Å². The Labute approximate surface area is 116 Å². The van der Waals surface area contributed by atoms with Crippen LogP contribution in [0.5, 0.6) is 0 Å². The zero-order valence-electron chi connectivity index (χ0n) is 12.0. The van der Waals surface area contributed by atoms with Gasteiger partial charge in [-0.1, -0.05) is 56.5 Å². The lowest BCUT2D eigenvalue weighted by atomic mass is 9.94. The fourth-order valence-corrected chi connectivity index (χ4v) is 1.95. The van der Waals surface area contributed by atoms with E-state index in [1.165, 1.54) is 12.8 Å². The lowest BCUT2D eigenvalue weighted by Gasteiger charge is -2.22. The number of carbonyl (C=O) groups excluding carboxylic acids is 1. The van der Waals surface area contributed by atoms with Crippen molar-refractivity contribution in [1.29, 1.82) is 0 Å². The van der Waals surface area contributed by atoms with Gasteiger partial charge in [-0.15, -0.1) is 0 Å². The van der Waals surface area contributed by atoms with Crippen molar-refractivity contribution < 1.29 is 9.53 Å². The molecule has 0 aliphatic carbocycles. The second-order valence-electron chi connectivity index (χ2n) is 5.28.